The van der Waals surface area contributed by atoms with Crippen LogP contribution < -0.4 is 10.6 Å². The highest BCUT2D eigenvalue weighted by Gasteiger charge is 2.26. The Morgan fingerprint density at radius 1 is 1.12 bits per heavy atom. The third kappa shape index (κ3) is 3.34. The Morgan fingerprint density at radius 2 is 1.79 bits per heavy atom. The van der Waals surface area contributed by atoms with E-state index in [1.54, 1.807) is 12.1 Å². The fourth-order valence-corrected chi connectivity index (χ4v) is 3.81. The maximum Gasteiger partial charge on any atom is 0.257 e. The number of piperazine rings is 1. The summed E-state index contributed by atoms with van der Waals surface area (Å²) >= 11 is 1.46. The minimum absolute atomic E-state index is 0.00158. The first-order chi connectivity index (χ1) is 11.6. The first kappa shape index (κ1) is 16.7. The van der Waals surface area contributed by atoms with E-state index in [1.807, 2.05) is 36.9 Å². The number of carbonyl (C=O) groups is 2. The number of aryl methyl sites for hydroxylation is 1. The van der Waals surface area contributed by atoms with Gasteiger partial charge in [-0.2, -0.15) is 0 Å². The molecule has 2 amide bonds. The van der Waals surface area contributed by atoms with Gasteiger partial charge in [0.15, 0.2) is 0 Å². The quantitative estimate of drug-likeness (QED) is 0.901. The minimum atomic E-state index is -0.189. The molecule has 0 aliphatic carbocycles. The third-order valence-corrected chi connectivity index (χ3v) is 5.39. The van der Waals surface area contributed by atoms with Gasteiger partial charge in [0.25, 0.3) is 11.8 Å². The second-order valence-electron chi connectivity index (χ2n) is 5.85. The maximum absolute atomic E-state index is 12.9. The number of benzene rings is 1. The van der Waals surface area contributed by atoms with Crippen LogP contribution in [0.5, 0.6) is 0 Å². The number of carbonyl (C=O) groups excluding carboxylic acids is 2. The second-order valence-corrected chi connectivity index (χ2v) is 7.07. The van der Waals surface area contributed by atoms with Gasteiger partial charge >= 0.3 is 0 Å². The first-order valence-electron chi connectivity index (χ1n) is 8.04. The molecule has 1 aliphatic rings. The number of anilines is 1. The summed E-state index contributed by atoms with van der Waals surface area (Å²) in [6.07, 6.45) is 0. The molecule has 1 aromatic carbocycles. The molecule has 1 fully saturated rings. The molecule has 0 unspecified atom stereocenters. The standard InChI is InChI=1S/C18H21N3O2S/c1-12-13(2)24-17(20-16(22)14-6-4-3-5-7-14)15(12)18(23)21-10-8-19-9-11-21/h3-7,19H,8-11H2,1-2H3,(H,20,22). The van der Waals surface area contributed by atoms with E-state index in [0.717, 1.165) is 23.5 Å². The van der Waals surface area contributed by atoms with Crippen molar-refractivity contribution >= 4 is 28.2 Å². The molecule has 126 valence electrons. The molecular formula is C18H21N3O2S. The van der Waals surface area contributed by atoms with Crippen LogP contribution in [-0.2, 0) is 0 Å². The van der Waals surface area contributed by atoms with Crippen LogP contribution in [-0.4, -0.2) is 42.9 Å². The van der Waals surface area contributed by atoms with Crippen molar-refractivity contribution in [3.05, 3.63) is 51.9 Å². The Kier molecular flexibility index (Phi) is 4.97. The molecule has 0 saturated carbocycles. The molecule has 2 aromatic rings. The van der Waals surface area contributed by atoms with Crippen molar-refractivity contribution in [3.63, 3.8) is 0 Å². The molecule has 24 heavy (non-hydrogen) atoms. The highest BCUT2D eigenvalue weighted by Crippen LogP contribution is 2.33. The first-order valence-corrected chi connectivity index (χ1v) is 8.86. The Bertz CT molecular complexity index is 749. The Morgan fingerprint density at radius 3 is 2.46 bits per heavy atom. The predicted molar refractivity (Wildman–Crippen MR) is 97.0 cm³/mol. The van der Waals surface area contributed by atoms with Crippen LogP contribution in [0.1, 0.15) is 31.2 Å². The number of hydrogen-bond acceptors (Lipinski definition) is 4. The zero-order valence-corrected chi connectivity index (χ0v) is 14.7. The summed E-state index contributed by atoms with van der Waals surface area (Å²) in [6, 6.07) is 9.05. The molecule has 2 N–H and O–H groups in total. The monoisotopic (exact) mass is 343 g/mol. The molecule has 2 heterocycles. The van der Waals surface area contributed by atoms with Gasteiger partial charge in [0.05, 0.1) is 5.56 Å². The van der Waals surface area contributed by atoms with E-state index in [9.17, 15) is 9.59 Å². The number of nitrogens with zero attached hydrogens (tertiary/aromatic N) is 1. The highest BCUT2D eigenvalue weighted by molar-refractivity contribution is 7.16. The molecule has 1 aliphatic heterocycles. The SMILES string of the molecule is Cc1sc(NC(=O)c2ccccc2)c(C(=O)N2CCNCC2)c1C. The fraction of sp³-hybridized carbons (Fsp3) is 0.333. The van der Waals surface area contributed by atoms with Crippen LogP contribution in [0.2, 0.25) is 0 Å². The van der Waals surface area contributed by atoms with Crippen LogP contribution in [0, 0.1) is 13.8 Å². The molecule has 5 nitrogen and oxygen atoms in total. The van der Waals surface area contributed by atoms with E-state index in [4.69, 9.17) is 0 Å². The number of rotatable bonds is 3. The van der Waals surface area contributed by atoms with E-state index in [0.29, 0.717) is 29.2 Å². The highest BCUT2D eigenvalue weighted by atomic mass is 32.1. The lowest BCUT2D eigenvalue weighted by atomic mass is 10.1. The number of amides is 2. The van der Waals surface area contributed by atoms with Crippen LogP contribution >= 0.6 is 11.3 Å². The summed E-state index contributed by atoms with van der Waals surface area (Å²) in [5, 5.41) is 6.81. The van der Waals surface area contributed by atoms with Gasteiger partial charge in [-0.25, -0.2) is 0 Å². The molecule has 0 spiro atoms. The van der Waals surface area contributed by atoms with Crippen molar-refractivity contribution in [2.45, 2.75) is 13.8 Å². The summed E-state index contributed by atoms with van der Waals surface area (Å²) in [4.78, 5) is 28.3. The van der Waals surface area contributed by atoms with Gasteiger partial charge in [-0.15, -0.1) is 11.3 Å². The molecule has 1 aromatic heterocycles. The second kappa shape index (κ2) is 7.15. The fourth-order valence-electron chi connectivity index (χ4n) is 2.76. The van der Waals surface area contributed by atoms with Gasteiger partial charge in [0, 0.05) is 36.6 Å². The Hall–Kier alpha value is -2.18. The third-order valence-electron chi connectivity index (χ3n) is 4.27. The molecule has 0 radical (unpaired) electrons. The van der Waals surface area contributed by atoms with Crippen molar-refractivity contribution in [2.24, 2.45) is 0 Å². The Labute approximate surface area is 145 Å². The zero-order chi connectivity index (χ0) is 17.1. The van der Waals surface area contributed by atoms with Gasteiger partial charge in [-0.3, -0.25) is 9.59 Å². The van der Waals surface area contributed by atoms with E-state index in [-0.39, 0.29) is 11.8 Å². The van der Waals surface area contributed by atoms with Crippen molar-refractivity contribution in [1.29, 1.82) is 0 Å². The van der Waals surface area contributed by atoms with Crippen LogP contribution in [0.25, 0.3) is 0 Å². The zero-order valence-electron chi connectivity index (χ0n) is 13.9. The normalized spacial score (nSPS) is 14.5. The van der Waals surface area contributed by atoms with Crippen LogP contribution in [0.3, 0.4) is 0 Å². The van der Waals surface area contributed by atoms with Crippen molar-refractivity contribution < 1.29 is 9.59 Å². The maximum atomic E-state index is 12.9. The summed E-state index contributed by atoms with van der Waals surface area (Å²) in [5.41, 5.74) is 2.16. The number of nitrogens with one attached hydrogen (secondary N) is 2. The van der Waals surface area contributed by atoms with Crippen molar-refractivity contribution in [2.75, 3.05) is 31.5 Å². The van der Waals surface area contributed by atoms with Gasteiger partial charge in [0.1, 0.15) is 5.00 Å². The minimum Gasteiger partial charge on any atom is -0.336 e. The van der Waals surface area contributed by atoms with E-state index in [1.165, 1.54) is 11.3 Å². The van der Waals surface area contributed by atoms with E-state index < -0.39 is 0 Å². The van der Waals surface area contributed by atoms with E-state index in [2.05, 4.69) is 10.6 Å². The van der Waals surface area contributed by atoms with Gasteiger partial charge in [0.2, 0.25) is 0 Å². The molecule has 1 saturated heterocycles. The lowest BCUT2D eigenvalue weighted by Crippen LogP contribution is -2.46. The molecule has 6 heteroatoms. The summed E-state index contributed by atoms with van der Waals surface area (Å²) in [6.45, 7) is 6.92. The molecular weight excluding hydrogens is 322 g/mol. The van der Waals surface area contributed by atoms with Gasteiger partial charge in [-0.1, -0.05) is 18.2 Å². The lowest BCUT2D eigenvalue weighted by molar-refractivity contribution is 0.0736. The topological polar surface area (TPSA) is 61.4 Å². The summed E-state index contributed by atoms with van der Waals surface area (Å²) < 4.78 is 0. The average molecular weight is 343 g/mol. The van der Waals surface area contributed by atoms with Crippen molar-refractivity contribution in [3.8, 4) is 0 Å². The largest absolute Gasteiger partial charge is 0.336 e. The predicted octanol–water partition coefficient (Wildman–Crippen LogP) is 2.66. The van der Waals surface area contributed by atoms with Crippen LogP contribution in [0.4, 0.5) is 5.00 Å². The van der Waals surface area contributed by atoms with Gasteiger partial charge in [-0.05, 0) is 31.5 Å². The summed E-state index contributed by atoms with van der Waals surface area (Å²) in [5.74, 6) is -0.187. The lowest BCUT2D eigenvalue weighted by Gasteiger charge is -2.27. The van der Waals surface area contributed by atoms with E-state index >= 15 is 0 Å². The van der Waals surface area contributed by atoms with Gasteiger partial charge < -0.3 is 15.5 Å². The number of hydrogen-bond donors (Lipinski definition) is 2. The molecule has 0 bridgehead atoms. The number of thiophene rings is 1. The average Bonchev–Trinajstić information content (AvgIpc) is 2.89. The Balaban J connectivity index is 1.87. The van der Waals surface area contributed by atoms with Crippen molar-refractivity contribution in [1.82, 2.24) is 10.2 Å². The summed E-state index contributed by atoms with van der Waals surface area (Å²) in [7, 11) is 0. The molecule has 0 atom stereocenters. The molecule has 3 rings (SSSR count). The van der Waals surface area contributed by atoms with Crippen LogP contribution in [0.15, 0.2) is 30.3 Å². The smallest absolute Gasteiger partial charge is 0.257 e.